The summed E-state index contributed by atoms with van der Waals surface area (Å²) in [6.07, 6.45) is 3.90. The minimum absolute atomic E-state index is 0.00515. The Bertz CT molecular complexity index is 1080. The van der Waals surface area contributed by atoms with Gasteiger partial charge in [-0.25, -0.2) is 4.98 Å². The lowest BCUT2D eigenvalue weighted by Gasteiger charge is -2.36. The Balaban J connectivity index is 1.29. The second-order valence-electron chi connectivity index (χ2n) is 8.21. The van der Waals surface area contributed by atoms with Crippen molar-refractivity contribution >= 4 is 33.4 Å². The van der Waals surface area contributed by atoms with Crippen LogP contribution in [-0.2, 0) is 22.6 Å². The predicted molar refractivity (Wildman–Crippen MR) is 118 cm³/mol. The molecule has 0 spiro atoms. The molecule has 2 aliphatic heterocycles. The highest BCUT2D eigenvalue weighted by Crippen LogP contribution is 2.29. The van der Waals surface area contributed by atoms with Crippen molar-refractivity contribution in [1.29, 1.82) is 0 Å². The molecule has 9 heteroatoms. The quantitative estimate of drug-likeness (QED) is 0.612. The van der Waals surface area contributed by atoms with Gasteiger partial charge in [0.2, 0.25) is 5.91 Å². The predicted octanol–water partition coefficient (Wildman–Crippen LogP) is 2.72. The summed E-state index contributed by atoms with van der Waals surface area (Å²) in [5.41, 5.74) is 1.01. The molecule has 2 amide bonds. The fraction of sp³-hybridized carbons (Fsp3) is 0.500. The molecular formula is C22H26N6O2S. The highest BCUT2D eigenvalue weighted by Gasteiger charge is 2.41. The van der Waals surface area contributed by atoms with Crippen LogP contribution in [0.25, 0.3) is 10.2 Å². The molecule has 1 saturated heterocycles. The number of para-hydroxylation sites is 1. The van der Waals surface area contributed by atoms with Gasteiger partial charge in [-0.3, -0.25) is 9.59 Å². The van der Waals surface area contributed by atoms with E-state index in [0.717, 1.165) is 48.7 Å². The average molecular weight is 439 g/mol. The number of aromatic nitrogens is 4. The maximum Gasteiger partial charge on any atom is 0.253 e. The third-order valence-electron chi connectivity index (χ3n) is 6.18. The third-order valence-corrected chi connectivity index (χ3v) is 7.27. The summed E-state index contributed by atoms with van der Waals surface area (Å²) in [4.78, 5) is 34.8. The summed E-state index contributed by atoms with van der Waals surface area (Å²) in [6.45, 7) is 4.53. The van der Waals surface area contributed by atoms with Gasteiger partial charge in [0.05, 0.1) is 15.2 Å². The number of hydrogen-bond acceptors (Lipinski definition) is 6. The summed E-state index contributed by atoms with van der Waals surface area (Å²) in [5.74, 6) is 1.37. The van der Waals surface area contributed by atoms with Gasteiger partial charge in [-0.05, 0) is 44.7 Å². The summed E-state index contributed by atoms with van der Waals surface area (Å²) in [6, 6.07) is 7.43. The van der Waals surface area contributed by atoms with Crippen molar-refractivity contribution < 1.29 is 9.59 Å². The number of rotatable bonds is 5. The lowest BCUT2D eigenvalue weighted by molar-refractivity contribution is -0.147. The van der Waals surface area contributed by atoms with Gasteiger partial charge in [-0.1, -0.05) is 12.1 Å². The van der Waals surface area contributed by atoms with E-state index >= 15 is 0 Å². The number of benzene rings is 1. The smallest absolute Gasteiger partial charge is 0.253 e. The van der Waals surface area contributed by atoms with Gasteiger partial charge >= 0.3 is 0 Å². The molecule has 0 N–H and O–H groups in total. The maximum atomic E-state index is 13.3. The Morgan fingerprint density at radius 1 is 1.10 bits per heavy atom. The van der Waals surface area contributed by atoms with Crippen molar-refractivity contribution in [2.24, 2.45) is 0 Å². The van der Waals surface area contributed by atoms with Crippen LogP contribution >= 0.6 is 11.3 Å². The normalized spacial score (nSPS) is 18.5. The van der Waals surface area contributed by atoms with E-state index in [4.69, 9.17) is 0 Å². The van der Waals surface area contributed by atoms with E-state index in [2.05, 4.69) is 21.2 Å². The second kappa shape index (κ2) is 8.37. The molecule has 162 valence electrons. The Hall–Kier alpha value is -2.81. The van der Waals surface area contributed by atoms with Crippen molar-refractivity contribution in [3.63, 3.8) is 0 Å². The van der Waals surface area contributed by atoms with Crippen LogP contribution in [0.15, 0.2) is 24.3 Å². The van der Waals surface area contributed by atoms with E-state index in [0.29, 0.717) is 31.8 Å². The van der Waals surface area contributed by atoms with E-state index in [-0.39, 0.29) is 11.8 Å². The molecular weight excluding hydrogens is 412 g/mol. The largest absolute Gasteiger partial charge is 0.340 e. The molecule has 2 aromatic heterocycles. The molecule has 0 saturated carbocycles. The van der Waals surface area contributed by atoms with Crippen LogP contribution in [0.5, 0.6) is 0 Å². The molecule has 2 aliphatic rings. The van der Waals surface area contributed by atoms with Crippen molar-refractivity contribution in [1.82, 2.24) is 29.5 Å². The summed E-state index contributed by atoms with van der Waals surface area (Å²) < 4.78 is 3.15. The number of hydrogen-bond donors (Lipinski definition) is 0. The number of thiazole rings is 1. The van der Waals surface area contributed by atoms with E-state index in [1.54, 1.807) is 16.2 Å². The zero-order valence-electron chi connectivity index (χ0n) is 17.7. The highest BCUT2D eigenvalue weighted by molar-refractivity contribution is 7.18. The molecule has 31 heavy (non-hydrogen) atoms. The number of carbonyl (C=O) groups is 2. The van der Waals surface area contributed by atoms with E-state index in [1.165, 1.54) is 4.70 Å². The van der Waals surface area contributed by atoms with Crippen LogP contribution in [-0.4, -0.2) is 61.0 Å². The van der Waals surface area contributed by atoms with E-state index in [9.17, 15) is 9.59 Å². The second-order valence-corrected chi connectivity index (χ2v) is 9.32. The van der Waals surface area contributed by atoms with Crippen LogP contribution < -0.4 is 0 Å². The van der Waals surface area contributed by atoms with Crippen LogP contribution in [0.4, 0.5) is 0 Å². The zero-order chi connectivity index (χ0) is 21.4. The molecule has 3 aromatic rings. The molecule has 4 heterocycles. The number of fused-ring (bicyclic) bond motifs is 2. The molecule has 0 aliphatic carbocycles. The molecule has 0 radical (unpaired) electrons. The van der Waals surface area contributed by atoms with Crippen LogP contribution in [0.2, 0.25) is 0 Å². The topological polar surface area (TPSA) is 84.2 Å². The Morgan fingerprint density at radius 2 is 1.90 bits per heavy atom. The first kappa shape index (κ1) is 20.1. The SMILES string of the molecule is Cc1nnc2n1CCN(C(=O)CCCc1nc3ccccc3s1)C2C(=O)N1CCCC1. The van der Waals surface area contributed by atoms with Gasteiger partial charge in [0.15, 0.2) is 11.9 Å². The minimum atomic E-state index is -0.664. The fourth-order valence-electron chi connectivity index (χ4n) is 4.54. The number of amides is 2. The maximum absolute atomic E-state index is 13.3. The summed E-state index contributed by atoms with van der Waals surface area (Å²) in [7, 11) is 0. The molecule has 1 unspecified atom stereocenters. The highest BCUT2D eigenvalue weighted by atomic mass is 32.1. The Morgan fingerprint density at radius 3 is 2.71 bits per heavy atom. The van der Waals surface area contributed by atoms with Gasteiger partial charge in [0.1, 0.15) is 5.82 Å². The summed E-state index contributed by atoms with van der Waals surface area (Å²) >= 11 is 1.68. The standard InChI is InChI=1S/C22H26N6O2S/c1-15-24-25-21-20(22(30)26-11-4-5-12-26)28(14-13-27(15)21)19(29)10-6-9-18-23-16-7-2-3-8-17(16)31-18/h2-3,7-8,20H,4-6,9-14H2,1H3. The first-order chi connectivity index (χ1) is 15.1. The fourth-order valence-corrected chi connectivity index (χ4v) is 5.55. The Kier molecular flexibility index (Phi) is 5.43. The van der Waals surface area contributed by atoms with Gasteiger partial charge in [0, 0.05) is 32.6 Å². The van der Waals surface area contributed by atoms with Crippen LogP contribution in [0, 0.1) is 6.92 Å². The van der Waals surface area contributed by atoms with Crippen LogP contribution in [0.3, 0.4) is 0 Å². The first-order valence-corrected chi connectivity index (χ1v) is 11.8. The monoisotopic (exact) mass is 438 g/mol. The Labute approximate surface area is 184 Å². The van der Waals surface area contributed by atoms with Gasteiger partial charge in [-0.2, -0.15) is 0 Å². The number of nitrogens with zero attached hydrogens (tertiary/aromatic N) is 6. The lowest BCUT2D eigenvalue weighted by atomic mass is 10.1. The number of likely N-dealkylation sites (tertiary alicyclic amines) is 1. The molecule has 8 nitrogen and oxygen atoms in total. The number of carbonyl (C=O) groups excluding carboxylic acids is 2. The minimum Gasteiger partial charge on any atom is -0.340 e. The average Bonchev–Trinajstić information content (AvgIpc) is 3.52. The molecule has 1 fully saturated rings. The lowest BCUT2D eigenvalue weighted by Crippen LogP contribution is -2.49. The summed E-state index contributed by atoms with van der Waals surface area (Å²) in [5, 5.41) is 9.50. The number of aryl methyl sites for hydroxylation is 2. The van der Waals surface area contributed by atoms with E-state index in [1.807, 2.05) is 34.6 Å². The first-order valence-electron chi connectivity index (χ1n) is 10.9. The van der Waals surface area contributed by atoms with Crippen molar-refractivity contribution in [3.05, 3.63) is 40.9 Å². The van der Waals surface area contributed by atoms with Crippen molar-refractivity contribution in [2.75, 3.05) is 19.6 Å². The van der Waals surface area contributed by atoms with Gasteiger partial charge < -0.3 is 14.4 Å². The van der Waals surface area contributed by atoms with Crippen LogP contribution in [0.1, 0.15) is 48.4 Å². The molecule has 1 aromatic carbocycles. The van der Waals surface area contributed by atoms with Gasteiger partial charge in [0.25, 0.3) is 5.91 Å². The molecule has 5 rings (SSSR count). The molecule has 0 bridgehead atoms. The van der Waals surface area contributed by atoms with Gasteiger partial charge in [-0.15, -0.1) is 21.5 Å². The third kappa shape index (κ3) is 3.82. The molecule has 1 atom stereocenters. The zero-order valence-corrected chi connectivity index (χ0v) is 18.5. The van der Waals surface area contributed by atoms with Crippen molar-refractivity contribution in [3.8, 4) is 0 Å². The van der Waals surface area contributed by atoms with E-state index < -0.39 is 6.04 Å². The van der Waals surface area contributed by atoms with Crippen molar-refractivity contribution in [2.45, 2.75) is 51.6 Å².